The quantitative estimate of drug-likeness (QED) is 0.161. The van der Waals surface area contributed by atoms with E-state index in [1.54, 1.807) is 36.4 Å². The second kappa shape index (κ2) is 13.0. The predicted octanol–water partition coefficient (Wildman–Crippen LogP) is 2.70. The van der Waals surface area contributed by atoms with Crippen molar-refractivity contribution < 1.29 is 38.1 Å². The van der Waals surface area contributed by atoms with Crippen molar-refractivity contribution in [3.63, 3.8) is 0 Å². The first-order chi connectivity index (χ1) is 20.4. The van der Waals surface area contributed by atoms with Crippen LogP contribution < -0.4 is 15.3 Å². The molecule has 3 aromatic rings. The van der Waals surface area contributed by atoms with E-state index in [0.29, 0.717) is 5.52 Å². The third-order valence-corrected chi connectivity index (χ3v) is 9.20. The molecule has 3 heterocycles. The first-order valence-electron chi connectivity index (χ1n) is 13.9. The van der Waals surface area contributed by atoms with Crippen molar-refractivity contribution in [1.29, 1.82) is 5.26 Å². The lowest BCUT2D eigenvalue weighted by Crippen LogP contribution is -2.45. The van der Waals surface area contributed by atoms with Gasteiger partial charge in [0.2, 0.25) is 5.60 Å². The molecule has 1 aliphatic rings. The van der Waals surface area contributed by atoms with E-state index in [0.717, 1.165) is 12.8 Å². The zero-order chi connectivity index (χ0) is 31.4. The van der Waals surface area contributed by atoms with Gasteiger partial charge in [-0.25, -0.2) is 14.1 Å². The van der Waals surface area contributed by atoms with E-state index in [4.69, 9.17) is 24.3 Å². The Bertz CT molecular complexity index is 1510. The van der Waals surface area contributed by atoms with Crippen LogP contribution in [0.4, 0.5) is 5.82 Å². The maximum Gasteiger partial charge on any atom is 0.459 e. The Morgan fingerprint density at radius 3 is 2.58 bits per heavy atom. The molecule has 43 heavy (non-hydrogen) atoms. The molecular formula is C28H37N6O8P. The van der Waals surface area contributed by atoms with E-state index in [9.17, 15) is 24.8 Å². The number of carbonyl (C=O) groups is 1. The Morgan fingerprint density at radius 1 is 1.23 bits per heavy atom. The zero-order valence-electron chi connectivity index (χ0n) is 24.4. The van der Waals surface area contributed by atoms with Crippen molar-refractivity contribution in [3.05, 3.63) is 54.5 Å². The van der Waals surface area contributed by atoms with Crippen LogP contribution in [0.2, 0.25) is 0 Å². The lowest BCUT2D eigenvalue weighted by atomic mass is 9.90. The van der Waals surface area contributed by atoms with Gasteiger partial charge in [0, 0.05) is 0 Å². The summed E-state index contributed by atoms with van der Waals surface area (Å²) in [6.45, 7) is 6.43. The Hall–Kier alpha value is -3.57. The third kappa shape index (κ3) is 6.52. The maximum absolute atomic E-state index is 14.0. The molecule has 0 bridgehead atoms. The van der Waals surface area contributed by atoms with E-state index in [1.807, 2.05) is 19.9 Å². The van der Waals surface area contributed by atoms with Gasteiger partial charge in [-0.05, 0) is 44.0 Å². The molecule has 0 amide bonds. The van der Waals surface area contributed by atoms with Crippen LogP contribution in [0.5, 0.6) is 5.75 Å². The highest BCUT2D eigenvalue weighted by Gasteiger charge is 2.63. The fourth-order valence-electron chi connectivity index (χ4n) is 4.81. The van der Waals surface area contributed by atoms with Crippen LogP contribution in [-0.2, 0) is 29.0 Å². The molecule has 1 aliphatic heterocycles. The minimum Gasteiger partial charge on any atom is -0.464 e. The molecule has 0 aliphatic carbocycles. The number of nitriles is 1. The van der Waals surface area contributed by atoms with Crippen LogP contribution in [0.25, 0.3) is 5.52 Å². The fourth-order valence-corrected chi connectivity index (χ4v) is 6.39. The summed E-state index contributed by atoms with van der Waals surface area (Å²) in [5, 5.41) is 39.3. The van der Waals surface area contributed by atoms with Gasteiger partial charge in [-0.2, -0.15) is 15.4 Å². The van der Waals surface area contributed by atoms with Crippen molar-refractivity contribution in [2.45, 2.75) is 70.0 Å². The van der Waals surface area contributed by atoms with E-state index >= 15 is 0 Å². The molecule has 232 valence electrons. The molecule has 2 aromatic heterocycles. The number of aromatic nitrogens is 3. The highest BCUT2D eigenvalue weighted by atomic mass is 31.2. The SMILES string of the molecule is CCC(CC)COC(=O)[C@H](C)NP(=O)(OCC1(C)O[C@@](C#N)(c2ccc3c(N)ncnn23)[C@H](O)[C@@H]1O)Oc1ccccc1. The monoisotopic (exact) mass is 616 g/mol. The average molecular weight is 617 g/mol. The summed E-state index contributed by atoms with van der Waals surface area (Å²) in [4.78, 5) is 16.7. The summed E-state index contributed by atoms with van der Waals surface area (Å²) < 4.78 is 38.3. The first kappa shape index (κ1) is 32.3. The molecule has 5 N–H and O–H groups in total. The second-order valence-electron chi connectivity index (χ2n) is 10.7. The lowest BCUT2D eigenvalue weighted by Gasteiger charge is -2.31. The topological polar surface area (TPSA) is 204 Å². The molecule has 1 saturated heterocycles. The number of nitrogens with two attached hydrogens (primary N) is 1. The summed E-state index contributed by atoms with van der Waals surface area (Å²) in [6.07, 6.45) is -0.621. The number of fused-ring (bicyclic) bond motifs is 1. The Balaban J connectivity index is 1.58. The number of ether oxygens (including phenoxy) is 2. The molecular weight excluding hydrogens is 579 g/mol. The van der Waals surface area contributed by atoms with Gasteiger partial charge in [0.1, 0.15) is 47.5 Å². The highest BCUT2D eigenvalue weighted by Crippen LogP contribution is 2.50. The number of para-hydroxylation sites is 1. The zero-order valence-corrected chi connectivity index (χ0v) is 25.3. The number of anilines is 1. The number of hydrogen-bond donors (Lipinski definition) is 4. The summed E-state index contributed by atoms with van der Waals surface area (Å²) in [5.74, 6) is -0.160. The molecule has 0 spiro atoms. The van der Waals surface area contributed by atoms with Crippen molar-refractivity contribution in [2.75, 3.05) is 18.9 Å². The van der Waals surface area contributed by atoms with Gasteiger partial charge >= 0.3 is 13.7 Å². The number of carbonyl (C=O) groups excluding carboxylic acids is 1. The van der Waals surface area contributed by atoms with Gasteiger partial charge in [-0.15, -0.1) is 0 Å². The summed E-state index contributed by atoms with van der Waals surface area (Å²) in [5.41, 5.74) is 2.47. The van der Waals surface area contributed by atoms with Gasteiger partial charge in [-0.3, -0.25) is 9.32 Å². The highest BCUT2D eigenvalue weighted by molar-refractivity contribution is 7.52. The van der Waals surface area contributed by atoms with Gasteiger partial charge < -0.3 is 29.9 Å². The largest absolute Gasteiger partial charge is 0.464 e. The molecule has 15 heteroatoms. The Labute approximate surface area is 249 Å². The number of rotatable bonds is 13. The summed E-state index contributed by atoms with van der Waals surface area (Å²) >= 11 is 0. The second-order valence-corrected chi connectivity index (χ2v) is 12.3. The number of nitrogen functional groups attached to an aromatic ring is 1. The average Bonchev–Trinajstić information content (AvgIpc) is 3.52. The molecule has 6 atom stereocenters. The Kier molecular flexibility index (Phi) is 9.76. The normalized spacial score (nSPS) is 25.7. The van der Waals surface area contributed by atoms with Gasteiger partial charge in [0.25, 0.3) is 0 Å². The number of hydrogen-bond acceptors (Lipinski definition) is 12. The van der Waals surface area contributed by atoms with Crippen LogP contribution in [0.3, 0.4) is 0 Å². The van der Waals surface area contributed by atoms with E-state index in [1.165, 1.54) is 30.8 Å². The van der Waals surface area contributed by atoms with Gasteiger partial charge in [-0.1, -0.05) is 44.9 Å². The lowest BCUT2D eigenvalue weighted by molar-refractivity contribution is -0.146. The van der Waals surface area contributed by atoms with Crippen LogP contribution in [-0.4, -0.2) is 67.8 Å². The van der Waals surface area contributed by atoms with Gasteiger partial charge in [0.15, 0.2) is 5.82 Å². The number of nitrogens with one attached hydrogen (secondary N) is 1. The van der Waals surface area contributed by atoms with Crippen molar-refractivity contribution in [3.8, 4) is 11.8 Å². The van der Waals surface area contributed by atoms with Crippen molar-refractivity contribution in [2.24, 2.45) is 5.92 Å². The summed E-state index contributed by atoms with van der Waals surface area (Å²) in [6, 6.07) is 12.0. The maximum atomic E-state index is 14.0. The molecule has 0 radical (unpaired) electrons. The minimum atomic E-state index is -4.36. The molecule has 0 saturated carbocycles. The molecule has 1 fully saturated rings. The van der Waals surface area contributed by atoms with Crippen LogP contribution >= 0.6 is 7.75 Å². The van der Waals surface area contributed by atoms with Crippen LogP contribution in [0, 0.1) is 17.2 Å². The number of esters is 1. The standard InChI is InChI=1S/C28H37N6O8P/c1-5-19(6-2)14-39-26(37)18(3)33-43(38,41-20-10-8-7-9-11-20)40-16-27(4)23(35)24(36)28(15-29,42-27)22-13-12-21-25(30)31-17-32-34(21)22/h7-13,17-19,23-24,35-36H,5-6,14,16H2,1-4H3,(H,33,38)(H2,30,31,32)/t18-,23-,24+,27?,28-,43?/m0/s1. The van der Waals surface area contributed by atoms with E-state index in [-0.39, 0.29) is 29.8 Å². The van der Waals surface area contributed by atoms with Gasteiger partial charge in [0.05, 0.1) is 18.9 Å². The van der Waals surface area contributed by atoms with E-state index in [2.05, 4.69) is 15.2 Å². The fraction of sp³-hybridized carbons (Fsp3) is 0.500. The molecule has 2 unspecified atom stereocenters. The molecule has 1 aromatic carbocycles. The van der Waals surface area contributed by atoms with Crippen molar-refractivity contribution in [1.82, 2.24) is 19.7 Å². The minimum absolute atomic E-state index is 0.0880. The van der Waals surface area contributed by atoms with Crippen LogP contribution in [0.1, 0.15) is 46.2 Å². The Morgan fingerprint density at radius 2 is 1.93 bits per heavy atom. The smallest absolute Gasteiger partial charge is 0.459 e. The summed E-state index contributed by atoms with van der Waals surface area (Å²) in [7, 11) is -4.36. The molecule has 4 rings (SSSR count). The number of nitrogens with zero attached hydrogens (tertiary/aromatic N) is 4. The predicted molar refractivity (Wildman–Crippen MR) is 154 cm³/mol. The number of benzene rings is 1. The number of aliphatic hydroxyl groups is 2. The number of aliphatic hydroxyl groups excluding tert-OH is 2. The van der Waals surface area contributed by atoms with Crippen LogP contribution in [0.15, 0.2) is 48.8 Å². The first-order valence-corrected chi connectivity index (χ1v) is 15.5. The van der Waals surface area contributed by atoms with Crippen molar-refractivity contribution >= 4 is 25.1 Å². The third-order valence-electron chi connectivity index (χ3n) is 7.58. The molecule has 14 nitrogen and oxygen atoms in total. The van der Waals surface area contributed by atoms with E-state index < -0.39 is 49.8 Å².